The van der Waals surface area contributed by atoms with Crippen LogP contribution < -0.4 is 10.6 Å². The number of nitro groups is 1. The van der Waals surface area contributed by atoms with E-state index in [-0.39, 0.29) is 17.8 Å². The van der Waals surface area contributed by atoms with Crippen LogP contribution in [0.25, 0.3) is 0 Å². The average molecular weight is 307 g/mol. The summed E-state index contributed by atoms with van der Waals surface area (Å²) < 4.78 is 4.67. The van der Waals surface area contributed by atoms with Crippen LogP contribution >= 0.6 is 0 Å². The Morgan fingerprint density at radius 2 is 1.91 bits per heavy atom. The molecule has 9 nitrogen and oxygen atoms in total. The fraction of sp³-hybridized carbons (Fsp3) is 0.154. The molecular formula is C13H13N3O6. The van der Waals surface area contributed by atoms with Crippen molar-refractivity contribution in [1.82, 2.24) is 10.6 Å². The molecule has 1 aromatic carbocycles. The van der Waals surface area contributed by atoms with Gasteiger partial charge in [0.25, 0.3) is 11.6 Å². The maximum Gasteiger partial charge on any atom is 0.338 e. The standard InChI is InChI=1S/C13H13N3O6/c1-2-7-14-13(19)15-11(17)8-22-12(18)9-3-5-10(6-4-9)16(20)21/h2-6H,1,7-8H2,(H2,14,15,17,19). The van der Waals surface area contributed by atoms with E-state index in [1.54, 1.807) is 0 Å². The van der Waals surface area contributed by atoms with Crippen LogP contribution in [0.3, 0.4) is 0 Å². The van der Waals surface area contributed by atoms with Crippen LogP contribution in [0.2, 0.25) is 0 Å². The van der Waals surface area contributed by atoms with E-state index in [9.17, 15) is 24.5 Å². The molecule has 0 saturated carbocycles. The Morgan fingerprint density at radius 1 is 1.27 bits per heavy atom. The molecular weight excluding hydrogens is 294 g/mol. The van der Waals surface area contributed by atoms with Gasteiger partial charge in [-0.3, -0.25) is 20.2 Å². The van der Waals surface area contributed by atoms with Gasteiger partial charge in [-0.25, -0.2) is 9.59 Å². The van der Waals surface area contributed by atoms with Crippen LogP contribution in [0.5, 0.6) is 0 Å². The van der Waals surface area contributed by atoms with Crippen LogP contribution in [-0.2, 0) is 9.53 Å². The van der Waals surface area contributed by atoms with E-state index in [1.807, 2.05) is 5.32 Å². The van der Waals surface area contributed by atoms with Crippen molar-refractivity contribution in [2.75, 3.05) is 13.2 Å². The van der Waals surface area contributed by atoms with Crippen molar-refractivity contribution in [2.45, 2.75) is 0 Å². The van der Waals surface area contributed by atoms with Crippen molar-refractivity contribution in [3.63, 3.8) is 0 Å². The van der Waals surface area contributed by atoms with Crippen LogP contribution in [0.1, 0.15) is 10.4 Å². The molecule has 0 saturated heterocycles. The fourth-order valence-corrected chi connectivity index (χ4v) is 1.31. The summed E-state index contributed by atoms with van der Waals surface area (Å²) in [5, 5.41) is 14.7. The van der Waals surface area contributed by atoms with E-state index >= 15 is 0 Å². The number of nitro benzene ring substituents is 1. The Kier molecular flexibility index (Phi) is 6.23. The molecule has 0 radical (unpaired) electrons. The minimum absolute atomic E-state index is 0.0505. The number of non-ortho nitro benzene ring substituents is 1. The molecule has 0 unspecified atom stereocenters. The maximum absolute atomic E-state index is 11.6. The van der Waals surface area contributed by atoms with Crippen molar-refractivity contribution in [1.29, 1.82) is 0 Å². The van der Waals surface area contributed by atoms with E-state index in [0.717, 1.165) is 12.1 Å². The molecule has 22 heavy (non-hydrogen) atoms. The number of urea groups is 1. The van der Waals surface area contributed by atoms with Gasteiger partial charge in [-0.1, -0.05) is 6.08 Å². The molecule has 9 heteroatoms. The van der Waals surface area contributed by atoms with E-state index in [4.69, 9.17) is 0 Å². The molecule has 0 aromatic heterocycles. The predicted molar refractivity (Wildman–Crippen MR) is 75.1 cm³/mol. The first-order valence-electron chi connectivity index (χ1n) is 6.04. The second-order valence-corrected chi connectivity index (χ2v) is 3.93. The minimum atomic E-state index is -0.837. The molecule has 0 heterocycles. The topological polar surface area (TPSA) is 128 Å². The van der Waals surface area contributed by atoms with Gasteiger partial charge in [0.1, 0.15) is 0 Å². The summed E-state index contributed by atoms with van der Waals surface area (Å²) in [4.78, 5) is 43.9. The Bertz CT molecular complexity index is 596. The number of hydrogen-bond donors (Lipinski definition) is 2. The molecule has 3 amide bonds. The van der Waals surface area contributed by atoms with Gasteiger partial charge in [-0.15, -0.1) is 6.58 Å². The predicted octanol–water partition coefficient (Wildman–Crippen LogP) is 0.763. The molecule has 2 N–H and O–H groups in total. The molecule has 0 fully saturated rings. The zero-order chi connectivity index (χ0) is 16.5. The summed E-state index contributed by atoms with van der Waals surface area (Å²) in [6.45, 7) is 2.91. The second kappa shape index (κ2) is 8.15. The van der Waals surface area contributed by atoms with Gasteiger partial charge in [0.05, 0.1) is 10.5 Å². The summed E-state index contributed by atoms with van der Waals surface area (Å²) in [5.74, 6) is -1.65. The first-order chi connectivity index (χ1) is 10.4. The number of ether oxygens (including phenoxy) is 1. The number of nitrogens with one attached hydrogen (secondary N) is 2. The van der Waals surface area contributed by atoms with Crippen LogP contribution in [0.4, 0.5) is 10.5 Å². The highest BCUT2D eigenvalue weighted by molar-refractivity contribution is 5.97. The molecule has 116 valence electrons. The number of amides is 3. The van der Waals surface area contributed by atoms with E-state index in [2.05, 4.69) is 16.6 Å². The summed E-state index contributed by atoms with van der Waals surface area (Å²) in [7, 11) is 0. The van der Waals surface area contributed by atoms with Gasteiger partial charge in [0, 0.05) is 18.7 Å². The van der Waals surface area contributed by atoms with Crippen molar-refractivity contribution >= 4 is 23.6 Å². The quantitative estimate of drug-likeness (QED) is 0.346. The van der Waals surface area contributed by atoms with Gasteiger partial charge in [0.15, 0.2) is 6.61 Å². The second-order valence-electron chi connectivity index (χ2n) is 3.93. The number of rotatable bonds is 6. The molecule has 0 bridgehead atoms. The lowest BCUT2D eigenvalue weighted by atomic mass is 10.2. The highest BCUT2D eigenvalue weighted by Crippen LogP contribution is 2.12. The third-order valence-corrected chi connectivity index (χ3v) is 2.31. The van der Waals surface area contributed by atoms with Crippen LogP contribution in [0, 0.1) is 10.1 Å². The number of benzene rings is 1. The van der Waals surface area contributed by atoms with Gasteiger partial charge >= 0.3 is 12.0 Å². The molecule has 0 atom stereocenters. The largest absolute Gasteiger partial charge is 0.452 e. The van der Waals surface area contributed by atoms with E-state index in [0.29, 0.717) is 0 Å². The van der Waals surface area contributed by atoms with Crippen LogP contribution in [0.15, 0.2) is 36.9 Å². The molecule has 1 rings (SSSR count). The monoisotopic (exact) mass is 307 g/mol. The van der Waals surface area contributed by atoms with Gasteiger partial charge < -0.3 is 10.1 Å². The maximum atomic E-state index is 11.6. The lowest BCUT2D eigenvalue weighted by Gasteiger charge is -2.06. The van der Waals surface area contributed by atoms with Crippen molar-refractivity contribution in [3.8, 4) is 0 Å². The number of esters is 1. The molecule has 0 aliphatic rings. The summed E-state index contributed by atoms with van der Waals surface area (Å²) in [5.41, 5.74) is -0.123. The van der Waals surface area contributed by atoms with Crippen molar-refractivity contribution in [3.05, 3.63) is 52.6 Å². The van der Waals surface area contributed by atoms with E-state index in [1.165, 1.54) is 18.2 Å². The highest BCUT2D eigenvalue weighted by atomic mass is 16.6. The minimum Gasteiger partial charge on any atom is -0.452 e. The summed E-state index contributed by atoms with van der Waals surface area (Å²) in [6, 6.07) is 3.94. The Hall–Kier alpha value is -3.23. The number of carbonyl (C=O) groups is 3. The Balaban J connectivity index is 2.45. The lowest BCUT2D eigenvalue weighted by Crippen LogP contribution is -2.41. The number of hydrogen-bond acceptors (Lipinski definition) is 6. The van der Waals surface area contributed by atoms with Crippen molar-refractivity contribution < 1.29 is 24.0 Å². The van der Waals surface area contributed by atoms with Crippen LogP contribution in [-0.4, -0.2) is 36.0 Å². The highest BCUT2D eigenvalue weighted by Gasteiger charge is 2.13. The van der Waals surface area contributed by atoms with Gasteiger partial charge in [-0.05, 0) is 12.1 Å². The zero-order valence-electron chi connectivity index (χ0n) is 11.4. The Labute approximate surface area is 125 Å². The third-order valence-electron chi connectivity index (χ3n) is 2.31. The van der Waals surface area contributed by atoms with E-state index < -0.39 is 29.4 Å². The SMILES string of the molecule is C=CCNC(=O)NC(=O)COC(=O)c1ccc([N+](=O)[O-])cc1. The van der Waals surface area contributed by atoms with Gasteiger partial charge in [0.2, 0.25) is 0 Å². The fourth-order valence-electron chi connectivity index (χ4n) is 1.31. The zero-order valence-corrected chi connectivity index (χ0v) is 11.4. The summed E-state index contributed by atoms with van der Waals surface area (Å²) in [6.07, 6.45) is 1.43. The first-order valence-corrected chi connectivity index (χ1v) is 6.04. The van der Waals surface area contributed by atoms with Crippen molar-refractivity contribution in [2.24, 2.45) is 0 Å². The molecule has 1 aromatic rings. The normalized spacial score (nSPS) is 9.45. The number of imide groups is 1. The molecule has 0 aliphatic carbocycles. The number of nitrogens with zero attached hydrogens (tertiary/aromatic N) is 1. The molecule has 0 spiro atoms. The summed E-state index contributed by atoms with van der Waals surface area (Å²) >= 11 is 0. The average Bonchev–Trinajstić information content (AvgIpc) is 2.50. The smallest absolute Gasteiger partial charge is 0.338 e. The first kappa shape index (κ1) is 16.8. The number of carbonyl (C=O) groups excluding carboxylic acids is 3. The van der Waals surface area contributed by atoms with Gasteiger partial charge in [-0.2, -0.15) is 0 Å². The Morgan fingerprint density at radius 3 is 2.45 bits per heavy atom. The lowest BCUT2D eigenvalue weighted by molar-refractivity contribution is -0.384. The third kappa shape index (κ3) is 5.41. The molecule has 0 aliphatic heterocycles.